The van der Waals surface area contributed by atoms with Crippen molar-refractivity contribution in [3.63, 3.8) is 0 Å². The molecule has 1 aromatic carbocycles. The molecule has 0 saturated heterocycles. The molecule has 1 heterocycles. The average molecular weight is 253 g/mol. The van der Waals surface area contributed by atoms with Crippen LogP contribution >= 0.6 is 15.9 Å². The fourth-order valence-corrected chi connectivity index (χ4v) is 1.88. The van der Waals surface area contributed by atoms with Crippen molar-refractivity contribution in [2.45, 2.75) is 13.8 Å². The minimum Gasteiger partial charge on any atom is -0.334 e. The van der Waals surface area contributed by atoms with Crippen molar-refractivity contribution < 1.29 is 4.52 Å². The summed E-state index contributed by atoms with van der Waals surface area (Å²) in [5.74, 6) is 1.21. The number of hydrogen-bond donors (Lipinski definition) is 0. The lowest BCUT2D eigenvalue weighted by molar-refractivity contribution is 0.425. The average Bonchev–Trinajstić information content (AvgIpc) is 2.50. The molecule has 0 radical (unpaired) electrons. The zero-order valence-corrected chi connectivity index (χ0v) is 9.50. The Kier molecular flexibility index (Phi) is 2.37. The largest absolute Gasteiger partial charge is 0.334 e. The van der Waals surface area contributed by atoms with Crippen LogP contribution in [0.2, 0.25) is 0 Å². The van der Waals surface area contributed by atoms with Crippen LogP contribution < -0.4 is 0 Å². The van der Waals surface area contributed by atoms with Gasteiger partial charge in [-0.15, -0.1) is 0 Å². The smallest absolute Gasteiger partial charge is 0.257 e. The molecule has 0 saturated carbocycles. The van der Waals surface area contributed by atoms with E-state index in [2.05, 4.69) is 26.1 Å². The minimum absolute atomic E-state index is 0.562. The highest BCUT2D eigenvalue weighted by Gasteiger charge is 2.06. The highest BCUT2D eigenvalue weighted by atomic mass is 79.9. The molecule has 0 aliphatic rings. The first-order valence-corrected chi connectivity index (χ1v) is 5.02. The van der Waals surface area contributed by atoms with Gasteiger partial charge in [0.15, 0.2) is 5.82 Å². The summed E-state index contributed by atoms with van der Waals surface area (Å²) in [4.78, 5) is 4.16. The van der Waals surface area contributed by atoms with Gasteiger partial charge in [0.25, 0.3) is 5.89 Å². The Labute approximate surface area is 90.3 Å². The second kappa shape index (κ2) is 3.53. The maximum absolute atomic E-state index is 5.08. The molecule has 2 aromatic rings. The molecule has 0 aliphatic carbocycles. The lowest BCUT2D eigenvalue weighted by Crippen LogP contribution is -1.80. The maximum atomic E-state index is 5.08. The molecule has 0 fully saturated rings. The lowest BCUT2D eigenvalue weighted by Gasteiger charge is -1.98. The number of rotatable bonds is 1. The van der Waals surface area contributed by atoms with E-state index in [-0.39, 0.29) is 0 Å². The summed E-state index contributed by atoms with van der Waals surface area (Å²) in [6, 6.07) is 6.00. The fraction of sp³-hybridized carbons (Fsp3) is 0.200. The van der Waals surface area contributed by atoms with E-state index < -0.39 is 0 Å². The molecule has 0 unspecified atom stereocenters. The Morgan fingerprint density at radius 3 is 2.57 bits per heavy atom. The van der Waals surface area contributed by atoms with Crippen LogP contribution in [0.15, 0.2) is 27.2 Å². The zero-order chi connectivity index (χ0) is 10.1. The van der Waals surface area contributed by atoms with Gasteiger partial charge in [-0.1, -0.05) is 21.1 Å². The summed E-state index contributed by atoms with van der Waals surface area (Å²) >= 11 is 3.43. The van der Waals surface area contributed by atoms with Crippen LogP contribution in [0.5, 0.6) is 0 Å². The molecule has 0 spiro atoms. The van der Waals surface area contributed by atoms with E-state index in [1.54, 1.807) is 6.92 Å². The third-order valence-electron chi connectivity index (χ3n) is 1.82. The Morgan fingerprint density at radius 1 is 1.21 bits per heavy atom. The van der Waals surface area contributed by atoms with Gasteiger partial charge in [-0.25, -0.2) is 0 Å². The Hall–Kier alpha value is -1.16. The highest BCUT2D eigenvalue weighted by Crippen LogP contribution is 2.23. The molecule has 0 bridgehead atoms. The van der Waals surface area contributed by atoms with Crippen LogP contribution in [0.25, 0.3) is 11.5 Å². The fourth-order valence-electron chi connectivity index (χ4n) is 1.27. The molecular weight excluding hydrogens is 244 g/mol. The quantitative estimate of drug-likeness (QED) is 0.783. The van der Waals surface area contributed by atoms with E-state index in [4.69, 9.17) is 4.52 Å². The van der Waals surface area contributed by atoms with E-state index in [0.29, 0.717) is 11.7 Å². The molecule has 0 atom stereocenters. The predicted octanol–water partition coefficient (Wildman–Crippen LogP) is 3.12. The summed E-state index contributed by atoms with van der Waals surface area (Å²) in [5, 5.41) is 3.75. The van der Waals surface area contributed by atoms with E-state index >= 15 is 0 Å². The van der Waals surface area contributed by atoms with Gasteiger partial charge in [0.1, 0.15) is 0 Å². The normalized spacial score (nSPS) is 10.5. The van der Waals surface area contributed by atoms with Gasteiger partial charge in [0.05, 0.1) is 0 Å². The number of benzene rings is 1. The number of hydrogen-bond acceptors (Lipinski definition) is 3. The van der Waals surface area contributed by atoms with Crippen LogP contribution in [-0.2, 0) is 0 Å². The van der Waals surface area contributed by atoms with Crippen LogP contribution in [0.3, 0.4) is 0 Å². The second-order valence-electron chi connectivity index (χ2n) is 3.16. The van der Waals surface area contributed by atoms with Crippen molar-refractivity contribution in [2.75, 3.05) is 0 Å². The molecule has 0 aliphatic heterocycles. The van der Waals surface area contributed by atoms with Crippen molar-refractivity contribution in [1.29, 1.82) is 0 Å². The summed E-state index contributed by atoms with van der Waals surface area (Å²) in [6.07, 6.45) is 0. The number of aromatic nitrogens is 2. The van der Waals surface area contributed by atoms with E-state index in [0.717, 1.165) is 15.6 Å². The molecule has 2 rings (SSSR count). The van der Waals surface area contributed by atoms with Gasteiger partial charge >= 0.3 is 0 Å². The molecule has 1 aromatic heterocycles. The number of halogens is 1. The number of nitrogens with zero attached hydrogens (tertiary/aromatic N) is 2. The molecule has 0 amide bonds. The van der Waals surface area contributed by atoms with Crippen molar-refractivity contribution in [3.8, 4) is 11.5 Å². The van der Waals surface area contributed by atoms with Gasteiger partial charge in [-0.05, 0) is 37.6 Å². The van der Waals surface area contributed by atoms with E-state index in [9.17, 15) is 0 Å². The molecule has 72 valence electrons. The summed E-state index contributed by atoms with van der Waals surface area (Å²) in [5.41, 5.74) is 2.10. The van der Waals surface area contributed by atoms with Gasteiger partial charge in [-0.2, -0.15) is 4.98 Å². The third-order valence-corrected chi connectivity index (χ3v) is 2.27. The van der Waals surface area contributed by atoms with Gasteiger partial charge in [-0.3, -0.25) is 0 Å². The van der Waals surface area contributed by atoms with Crippen molar-refractivity contribution in [3.05, 3.63) is 34.1 Å². The first-order valence-electron chi connectivity index (χ1n) is 4.23. The van der Waals surface area contributed by atoms with Crippen LogP contribution in [0.1, 0.15) is 11.4 Å². The highest BCUT2D eigenvalue weighted by molar-refractivity contribution is 9.10. The van der Waals surface area contributed by atoms with Gasteiger partial charge in [0.2, 0.25) is 0 Å². The summed E-state index contributed by atoms with van der Waals surface area (Å²) < 4.78 is 6.10. The first-order chi connectivity index (χ1) is 6.65. The Balaban J connectivity index is 2.51. The first kappa shape index (κ1) is 9.40. The topological polar surface area (TPSA) is 38.9 Å². The molecule has 3 nitrogen and oxygen atoms in total. The second-order valence-corrected chi connectivity index (χ2v) is 4.08. The van der Waals surface area contributed by atoms with Crippen LogP contribution in [0.4, 0.5) is 0 Å². The van der Waals surface area contributed by atoms with Crippen molar-refractivity contribution in [2.24, 2.45) is 0 Å². The van der Waals surface area contributed by atoms with Gasteiger partial charge in [0, 0.05) is 10.0 Å². The Morgan fingerprint density at radius 2 is 2.00 bits per heavy atom. The molecule has 4 heteroatoms. The number of aryl methyl sites for hydroxylation is 2. The van der Waals surface area contributed by atoms with E-state index in [1.165, 1.54) is 0 Å². The van der Waals surface area contributed by atoms with E-state index in [1.807, 2.05) is 25.1 Å². The zero-order valence-electron chi connectivity index (χ0n) is 7.91. The summed E-state index contributed by atoms with van der Waals surface area (Å²) in [7, 11) is 0. The molecular formula is C10H9BrN2O. The summed E-state index contributed by atoms with van der Waals surface area (Å²) in [6.45, 7) is 3.83. The van der Waals surface area contributed by atoms with Gasteiger partial charge < -0.3 is 4.52 Å². The van der Waals surface area contributed by atoms with Crippen LogP contribution in [-0.4, -0.2) is 10.1 Å². The lowest BCUT2D eigenvalue weighted by atomic mass is 10.1. The maximum Gasteiger partial charge on any atom is 0.257 e. The monoisotopic (exact) mass is 252 g/mol. The van der Waals surface area contributed by atoms with Crippen molar-refractivity contribution >= 4 is 15.9 Å². The predicted molar refractivity (Wildman–Crippen MR) is 56.9 cm³/mol. The standard InChI is InChI=1S/C10H9BrN2O/c1-6-3-8(5-9(11)4-6)10-12-7(2)13-14-10/h3-5H,1-2H3. The molecule has 0 N–H and O–H groups in total. The van der Waals surface area contributed by atoms with Crippen molar-refractivity contribution in [1.82, 2.24) is 10.1 Å². The molecule has 14 heavy (non-hydrogen) atoms. The Bertz CT molecular complexity index is 445. The SMILES string of the molecule is Cc1cc(Br)cc(-c2nc(C)no2)c1. The van der Waals surface area contributed by atoms with Crippen LogP contribution in [0, 0.1) is 13.8 Å². The minimum atomic E-state index is 0.562. The third kappa shape index (κ3) is 1.85.